The Hall–Kier alpha value is -5.42. The SMILES string of the molecule is CCOC(=O)C[n+]1nc(-c2ccc([N+]#CCc3nnc(-c4ccccc4)cc3-c3ccccc3)cc2)cc(C)c1N. The van der Waals surface area contributed by atoms with Crippen molar-refractivity contribution in [2.45, 2.75) is 26.8 Å². The van der Waals surface area contributed by atoms with Crippen LogP contribution in [0.2, 0.25) is 0 Å². The Morgan fingerprint density at radius 1 is 0.878 bits per heavy atom. The molecule has 0 radical (unpaired) electrons. The van der Waals surface area contributed by atoms with Crippen molar-refractivity contribution in [2.24, 2.45) is 0 Å². The molecule has 0 saturated heterocycles. The lowest BCUT2D eigenvalue weighted by Gasteiger charge is -2.08. The van der Waals surface area contributed by atoms with Crippen LogP contribution in [0.5, 0.6) is 0 Å². The van der Waals surface area contributed by atoms with Gasteiger partial charge in [-0.25, -0.2) is 4.79 Å². The summed E-state index contributed by atoms with van der Waals surface area (Å²) in [4.78, 5) is 16.5. The maximum absolute atomic E-state index is 12.0. The first kappa shape index (κ1) is 27.2. The number of nitrogen functional groups attached to an aromatic ring is 1. The summed E-state index contributed by atoms with van der Waals surface area (Å²) >= 11 is 0. The van der Waals surface area contributed by atoms with Crippen LogP contribution >= 0.6 is 0 Å². The van der Waals surface area contributed by atoms with E-state index in [0.717, 1.165) is 44.9 Å². The van der Waals surface area contributed by atoms with Crippen molar-refractivity contribution < 1.29 is 14.2 Å². The van der Waals surface area contributed by atoms with Gasteiger partial charge in [0.15, 0.2) is 0 Å². The van der Waals surface area contributed by atoms with Crippen molar-refractivity contribution in [3.05, 3.63) is 113 Å². The fourth-order valence-electron chi connectivity index (χ4n) is 4.36. The van der Waals surface area contributed by atoms with Crippen molar-refractivity contribution in [3.63, 3.8) is 0 Å². The monoisotopic (exact) mass is 542 g/mol. The van der Waals surface area contributed by atoms with Crippen LogP contribution < -0.4 is 10.4 Å². The average Bonchev–Trinajstić information content (AvgIpc) is 3.01. The Bertz CT molecular complexity index is 1730. The summed E-state index contributed by atoms with van der Waals surface area (Å²) in [6.45, 7) is 3.90. The van der Waals surface area contributed by atoms with E-state index in [4.69, 9.17) is 10.5 Å². The van der Waals surface area contributed by atoms with Gasteiger partial charge in [0.1, 0.15) is 12.1 Å². The summed E-state index contributed by atoms with van der Waals surface area (Å²) in [5.74, 6) is 0.0377. The molecule has 41 heavy (non-hydrogen) atoms. The number of hydrogen-bond donors (Lipinski definition) is 1. The Morgan fingerprint density at radius 3 is 2.22 bits per heavy atom. The standard InChI is InChI=1S/C33H29N6O2/c1-3-41-32(40)22-39-33(34)23(2)20-31(38-39)26-14-16-27(17-15-26)35-19-18-29-28(24-10-6-4-7-11-24)21-30(37-36-29)25-12-8-5-9-13-25/h4-17,20-21,34H,3,18,22H2,1-2H3/q+1/p+1. The average molecular weight is 543 g/mol. The molecule has 0 fully saturated rings. The summed E-state index contributed by atoms with van der Waals surface area (Å²) in [5, 5.41) is 13.6. The molecule has 5 aromatic rings. The molecule has 5 rings (SSSR count). The van der Waals surface area contributed by atoms with Gasteiger partial charge in [0.2, 0.25) is 6.54 Å². The summed E-state index contributed by atoms with van der Waals surface area (Å²) in [6, 6.07) is 34.9. The van der Waals surface area contributed by atoms with Crippen LogP contribution in [0.15, 0.2) is 97.1 Å². The van der Waals surface area contributed by atoms with E-state index < -0.39 is 0 Å². The molecule has 202 valence electrons. The molecule has 3 aromatic carbocycles. The number of carbonyl (C=O) groups excluding carboxylic acids is 1. The Kier molecular flexibility index (Phi) is 8.36. The molecule has 2 heterocycles. The summed E-state index contributed by atoms with van der Waals surface area (Å²) in [7, 11) is 0. The molecular weight excluding hydrogens is 512 g/mol. The Labute approximate surface area is 238 Å². The number of ether oxygens (including phenoxy) is 1. The van der Waals surface area contributed by atoms with E-state index in [0.29, 0.717) is 24.5 Å². The molecule has 8 heteroatoms. The molecule has 0 unspecified atom stereocenters. The van der Waals surface area contributed by atoms with Crippen LogP contribution in [0.25, 0.3) is 38.5 Å². The second kappa shape index (κ2) is 12.6. The van der Waals surface area contributed by atoms with Gasteiger partial charge >= 0.3 is 11.7 Å². The van der Waals surface area contributed by atoms with E-state index in [-0.39, 0.29) is 12.5 Å². The zero-order valence-electron chi connectivity index (χ0n) is 23.0. The van der Waals surface area contributed by atoms with E-state index in [1.54, 1.807) is 6.92 Å². The minimum Gasteiger partial charge on any atom is -0.463 e. The lowest BCUT2D eigenvalue weighted by atomic mass is 10.0. The second-order valence-electron chi connectivity index (χ2n) is 9.38. The zero-order chi connectivity index (χ0) is 28.6. The van der Waals surface area contributed by atoms with E-state index in [1.165, 1.54) is 4.68 Å². The number of anilines is 1. The first-order valence-corrected chi connectivity index (χ1v) is 13.4. The number of carbonyl (C=O) groups is 1. The summed E-state index contributed by atoms with van der Waals surface area (Å²) < 4.78 is 6.52. The molecule has 0 aliphatic rings. The van der Waals surface area contributed by atoms with Crippen LogP contribution in [-0.4, -0.2) is 27.9 Å². The third kappa shape index (κ3) is 6.60. The van der Waals surface area contributed by atoms with Gasteiger partial charge < -0.3 is 4.74 Å². The highest BCUT2D eigenvalue weighted by Gasteiger charge is 2.18. The number of hydrogen-bond acceptors (Lipinski definition) is 6. The van der Waals surface area contributed by atoms with Crippen LogP contribution in [-0.2, 0) is 22.5 Å². The molecule has 8 nitrogen and oxygen atoms in total. The van der Waals surface area contributed by atoms with Gasteiger partial charge in [-0.1, -0.05) is 65.8 Å². The van der Waals surface area contributed by atoms with Gasteiger partial charge in [0.05, 0.1) is 18.0 Å². The second-order valence-corrected chi connectivity index (χ2v) is 9.38. The topological polar surface area (TPSA) is 99.2 Å². The molecule has 0 spiro atoms. The molecule has 0 aliphatic carbocycles. The van der Waals surface area contributed by atoms with E-state index >= 15 is 0 Å². The molecule has 0 amide bonds. The van der Waals surface area contributed by atoms with Crippen molar-refractivity contribution in [3.8, 4) is 39.7 Å². The van der Waals surface area contributed by atoms with Crippen LogP contribution in [0, 0.1) is 13.0 Å². The van der Waals surface area contributed by atoms with Gasteiger partial charge in [-0.05, 0) is 48.5 Å². The normalized spacial score (nSPS) is 10.5. The van der Waals surface area contributed by atoms with E-state index in [9.17, 15) is 4.79 Å². The lowest BCUT2D eigenvalue weighted by molar-refractivity contribution is -0.729. The van der Waals surface area contributed by atoms with Crippen molar-refractivity contribution in [2.75, 3.05) is 12.3 Å². The predicted molar refractivity (Wildman–Crippen MR) is 159 cm³/mol. The highest BCUT2D eigenvalue weighted by atomic mass is 16.5. The maximum atomic E-state index is 12.0. The number of benzene rings is 3. The highest BCUT2D eigenvalue weighted by molar-refractivity contribution is 5.72. The first-order valence-electron chi connectivity index (χ1n) is 13.4. The molecule has 2 N–H and O–H groups in total. The smallest absolute Gasteiger partial charge is 0.350 e. The molecule has 0 atom stereocenters. The molecule has 0 bridgehead atoms. The molecule has 0 aliphatic heterocycles. The molecular formula is C33H30N6O2+2. The highest BCUT2D eigenvalue weighted by Crippen LogP contribution is 2.27. The van der Waals surface area contributed by atoms with Crippen molar-refractivity contribution >= 4 is 17.5 Å². The van der Waals surface area contributed by atoms with Crippen molar-refractivity contribution in [1.29, 1.82) is 0 Å². The van der Waals surface area contributed by atoms with E-state index in [1.807, 2.05) is 85.8 Å². The molecule has 2 aromatic heterocycles. The van der Waals surface area contributed by atoms with Crippen LogP contribution in [0.4, 0.5) is 11.5 Å². The number of rotatable bonds is 7. The summed E-state index contributed by atoms with van der Waals surface area (Å²) in [6.07, 6.45) is 0.403. The first-order chi connectivity index (χ1) is 20.0. The predicted octanol–water partition coefficient (Wildman–Crippen LogP) is 5.82. The van der Waals surface area contributed by atoms with Gasteiger partial charge in [0, 0.05) is 34.4 Å². The number of nitrogens with two attached hydrogens (primary N) is 1. The fraction of sp³-hybridized carbons (Fsp3) is 0.152. The number of aromatic nitrogens is 4. The summed E-state index contributed by atoms with van der Waals surface area (Å²) in [5.41, 5.74) is 14.0. The quantitative estimate of drug-likeness (QED) is 0.206. The largest absolute Gasteiger partial charge is 0.463 e. The van der Waals surface area contributed by atoms with Gasteiger partial charge in [-0.2, -0.15) is 10.2 Å². The maximum Gasteiger partial charge on any atom is 0.350 e. The molecule has 0 saturated carbocycles. The third-order valence-corrected chi connectivity index (χ3v) is 6.49. The fourth-order valence-corrected chi connectivity index (χ4v) is 4.36. The van der Waals surface area contributed by atoms with E-state index in [2.05, 4.69) is 44.4 Å². The van der Waals surface area contributed by atoms with Crippen LogP contribution in [0.3, 0.4) is 0 Å². The Morgan fingerprint density at radius 2 is 1.54 bits per heavy atom. The minimum atomic E-state index is -0.386. The van der Waals surface area contributed by atoms with Crippen LogP contribution in [0.1, 0.15) is 18.2 Å². The van der Waals surface area contributed by atoms with Gasteiger partial charge in [-0.3, -0.25) is 5.73 Å². The Balaban J connectivity index is 1.37. The number of nitrogens with zero attached hydrogens (tertiary/aromatic N) is 5. The zero-order valence-corrected chi connectivity index (χ0v) is 23.0. The van der Waals surface area contributed by atoms with Crippen molar-refractivity contribution in [1.82, 2.24) is 15.3 Å². The minimum absolute atomic E-state index is 0.0497. The number of esters is 1. The third-order valence-electron chi connectivity index (χ3n) is 6.49. The number of aryl methyl sites for hydroxylation is 1. The lowest BCUT2D eigenvalue weighted by Crippen LogP contribution is -2.45. The van der Waals surface area contributed by atoms with Gasteiger partial charge in [0.25, 0.3) is 11.9 Å². The van der Waals surface area contributed by atoms with Gasteiger partial charge in [-0.15, -0.1) is 4.68 Å².